The molecule has 0 saturated heterocycles. The fourth-order valence-electron chi connectivity index (χ4n) is 1.53. The first-order valence-corrected chi connectivity index (χ1v) is 6.08. The first kappa shape index (κ1) is 14.3. The zero-order valence-electron chi connectivity index (χ0n) is 10.5. The number of carbonyl (C=O) groups is 1. The summed E-state index contributed by atoms with van der Waals surface area (Å²) in [5, 5.41) is 10.4. The number of aromatic nitrogens is 2. The van der Waals surface area contributed by atoms with E-state index in [0.717, 1.165) is 6.42 Å². The van der Waals surface area contributed by atoms with Crippen LogP contribution in [0.2, 0.25) is 0 Å². The molecule has 0 aliphatic carbocycles. The molecule has 1 amide bonds. The second-order valence-electron chi connectivity index (χ2n) is 3.73. The van der Waals surface area contributed by atoms with Crippen LogP contribution >= 0.6 is 12.2 Å². The lowest BCUT2D eigenvalue weighted by atomic mass is 10.2. The number of hydrogen-bond donors (Lipinski definition) is 2. The number of nitrogens with one attached hydrogen (secondary N) is 1. The fraction of sp³-hybridized carbons (Fsp3) is 0.455. The molecule has 0 spiro atoms. The van der Waals surface area contributed by atoms with Crippen LogP contribution in [0.25, 0.3) is 0 Å². The Morgan fingerprint density at radius 3 is 2.89 bits per heavy atom. The van der Waals surface area contributed by atoms with Gasteiger partial charge < -0.3 is 16.0 Å². The molecule has 0 unspecified atom stereocenters. The summed E-state index contributed by atoms with van der Waals surface area (Å²) in [5.74, 6) is 0.457. The molecule has 0 aliphatic rings. The summed E-state index contributed by atoms with van der Waals surface area (Å²) in [4.78, 5) is 13.6. The van der Waals surface area contributed by atoms with Crippen molar-refractivity contribution in [2.75, 3.05) is 25.0 Å². The summed E-state index contributed by atoms with van der Waals surface area (Å²) in [6.07, 6.45) is 2.41. The molecule has 6 nitrogen and oxygen atoms in total. The van der Waals surface area contributed by atoms with Gasteiger partial charge in [-0.1, -0.05) is 19.1 Å². The van der Waals surface area contributed by atoms with E-state index in [4.69, 9.17) is 18.0 Å². The minimum atomic E-state index is -0.0945. The molecule has 1 aromatic rings. The van der Waals surface area contributed by atoms with Gasteiger partial charge in [0.1, 0.15) is 4.99 Å². The Hall–Kier alpha value is -1.76. The number of carbonyl (C=O) groups excluding carboxylic acids is 1. The van der Waals surface area contributed by atoms with Crippen LogP contribution in [0.1, 0.15) is 18.9 Å². The van der Waals surface area contributed by atoms with Crippen LogP contribution in [0.15, 0.2) is 12.3 Å². The summed E-state index contributed by atoms with van der Waals surface area (Å²) in [7, 11) is 1.59. The van der Waals surface area contributed by atoms with Crippen LogP contribution in [-0.4, -0.2) is 41.2 Å². The largest absolute Gasteiger partial charge is 0.389 e. The Labute approximate surface area is 112 Å². The Kier molecular flexibility index (Phi) is 5.44. The quantitative estimate of drug-likeness (QED) is 0.710. The lowest BCUT2D eigenvalue weighted by molar-refractivity contribution is -0.119. The Balaban J connectivity index is 3.04. The van der Waals surface area contributed by atoms with E-state index in [2.05, 4.69) is 15.5 Å². The van der Waals surface area contributed by atoms with Crippen LogP contribution in [0.3, 0.4) is 0 Å². The standard InChI is InChI=1S/C11H17N5OS/c1-3-6-16(7-9(17)13-2)11-8(10(12)18)4-5-14-15-11/h4-5H,3,6-7H2,1-2H3,(H2,12,18)(H,13,17). The van der Waals surface area contributed by atoms with Gasteiger partial charge in [-0.3, -0.25) is 4.79 Å². The van der Waals surface area contributed by atoms with E-state index < -0.39 is 0 Å². The van der Waals surface area contributed by atoms with Crippen LogP contribution in [-0.2, 0) is 4.79 Å². The van der Waals surface area contributed by atoms with Gasteiger partial charge in [0.2, 0.25) is 5.91 Å². The Morgan fingerprint density at radius 1 is 1.61 bits per heavy atom. The molecule has 1 aromatic heterocycles. The molecule has 0 aliphatic heterocycles. The van der Waals surface area contributed by atoms with E-state index in [0.29, 0.717) is 17.9 Å². The summed E-state index contributed by atoms with van der Waals surface area (Å²) >= 11 is 4.98. The molecule has 0 atom stereocenters. The summed E-state index contributed by atoms with van der Waals surface area (Å²) < 4.78 is 0. The highest BCUT2D eigenvalue weighted by Gasteiger charge is 2.16. The molecule has 0 radical (unpaired) electrons. The van der Waals surface area contributed by atoms with E-state index in [-0.39, 0.29) is 17.4 Å². The van der Waals surface area contributed by atoms with Gasteiger partial charge in [-0.15, -0.1) is 5.10 Å². The number of likely N-dealkylation sites (N-methyl/N-ethyl adjacent to an activating group) is 1. The highest BCUT2D eigenvalue weighted by atomic mass is 32.1. The van der Waals surface area contributed by atoms with Crippen molar-refractivity contribution in [3.8, 4) is 0 Å². The smallest absolute Gasteiger partial charge is 0.239 e. The average Bonchev–Trinajstić information content (AvgIpc) is 2.38. The van der Waals surface area contributed by atoms with Crippen LogP contribution < -0.4 is 16.0 Å². The van der Waals surface area contributed by atoms with Crippen molar-refractivity contribution in [3.05, 3.63) is 17.8 Å². The van der Waals surface area contributed by atoms with Gasteiger partial charge in [-0.05, 0) is 12.5 Å². The van der Waals surface area contributed by atoms with Crippen molar-refractivity contribution in [3.63, 3.8) is 0 Å². The molecular formula is C11H17N5OS. The molecule has 1 rings (SSSR count). The number of thiocarbonyl (C=S) groups is 1. The molecule has 1 heterocycles. The van der Waals surface area contributed by atoms with E-state index in [1.165, 1.54) is 6.20 Å². The van der Waals surface area contributed by atoms with Gasteiger partial charge in [0, 0.05) is 13.6 Å². The van der Waals surface area contributed by atoms with E-state index >= 15 is 0 Å². The normalized spacial score (nSPS) is 9.89. The topological polar surface area (TPSA) is 84.1 Å². The molecule has 0 saturated carbocycles. The van der Waals surface area contributed by atoms with E-state index in [9.17, 15) is 4.79 Å². The predicted octanol–water partition coefficient (Wildman–Crippen LogP) is 0.0732. The van der Waals surface area contributed by atoms with E-state index in [1.807, 2.05) is 11.8 Å². The summed E-state index contributed by atoms with van der Waals surface area (Å²) in [6.45, 7) is 2.91. The van der Waals surface area contributed by atoms with Crippen molar-refractivity contribution in [2.45, 2.75) is 13.3 Å². The summed E-state index contributed by atoms with van der Waals surface area (Å²) in [5.41, 5.74) is 6.28. The molecule has 3 N–H and O–H groups in total. The molecule has 7 heteroatoms. The number of rotatable bonds is 6. The molecule has 0 bridgehead atoms. The highest BCUT2D eigenvalue weighted by molar-refractivity contribution is 7.80. The first-order chi connectivity index (χ1) is 8.60. The van der Waals surface area contributed by atoms with Gasteiger partial charge >= 0.3 is 0 Å². The summed E-state index contributed by atoms with van der Waals surface area (Å²) in [6, 6.07) is 1.71. The maximum absolute atomic E-state index is 11.5. The molecular weight excluding hydrogens is 250 g/mol. The lowest BCUT2D eigenvalue weighted by Crippen LogP contribution is -2.37. The number of amides is 1. The second-order valence-corrected chi connectivity index (χ2v) is 4.17. The van der Waals surface area contributed by atoms with Crippen LogP contribution in [0, 0.1) is 0 Å². The van der Waals surface area contributed by atoms with Crippen molar-refractivity contribution in [1.29, 1.82) is 0 Å². The van der Waals surface area contributed by atoms with Crippen molar-refractivity contribution in [1.82, 2.24) is 15.5 Å². The van der Waals surface area contributed by atoms with Gasteiger partial charge in [0.15, 0.2) is 5.82 Å². The lowest BCUT2D eigenvalue weighted by Gasteiger charge is -2.23. The Morgan fingerprint density at radius 2 is 2.33 bits per heavy atom. The third kappa shape index (κ3) is 3.63. The second kappa shape index (κ2) is 6.85. The first-order valence-electron chi connectivity index (χ1n) is 5.67. The third-order valence-electron chi connectivity index (χ3n) is 2.37. The zero-order valence-corrected chi connectivity index (χ0v) is 11.3. The zero-order chi connectivity index (χ0) is 13.5. The highest BCUT2D eigenvalue weighted by Crippen LogP contribution is 2.16. The minimum absolute atomic E-state index is 0.0945. The van der Waals surface area contributed by atoms with Gasteiger partial charge in [-0.2, -0.15) is 5.10 Å². The molecule has 0 fully saturated rings. The van der Waals surface area contributed by atoms with Crippen LogP contribution in [0.5, 0.6) is 0 Å². The maximum atomic E-state index is 11.5. The molecule has 0 aromatic carbocycles. The number of hydrogen-bond acceptors (Lipinski definition) is 5. The minimum Gasteiger partial charge on any atom is -0.389 e. The van der Waals surface area contributed by atoms with Crippen molar-refractivity contribution >= 4 is 28.9 Å². The average molecular weight is 267 g/mol. The maximum Gasteiger partial charge on any atom is 0.239 e. The third-order valence-corrected chi connectivity index (χ3v) is 2.59. The SMILES string of the molecule is CCCN(CC(=O)NC)c1nnccc1C(N)=S. The number of nitrogens with two attached hydrogens (primary N) is 1. The van der Waals surface area contributed by atoms with Crippen molar-refractivity contribution in [2.24, 2.45) is 5.73 Å². The van der Waals surface area contributed by atoms with Gasteiger partial charge in [0.05, 0.1) is 18.3 Å². The molecule has 18 heavy (non-hydrogen) atoms. The fourth-order valence-corrected chi connectivity index (χ4v) is 1.69. The van der Waals surface area contributed by atoms with Crippen LogP contribution in [0.4, 0.5) is 5.82 Å². The van der Waals surface area contributed by atoms with Crippen molar-refractivity contribution < 1.29 is 4.79 Å². The van der Waals surface area contributed by atoms with E-state index in [1.54, 1.807) is 13.1 Å². The Bertz CT molecular complexity index is 437. The number of anilines is 1. The van der Waals surface area contributed by atoms with Gasteiger partial charge in [0.25, 0.3) is 0 Å². The number of nitrogens with zero attached hydrogens (tertiary/aromatic N) is 3. The van der Waals surface area contributed by atoms with Gasteiger partial charge in [-0.25, -0.2) is 0 Å². The molecule has 98 valence electrons. The monoisotopic (exact) mass is 267 g/mol. The predicted molar refractivity (Wildman–Crippen MR) is 74.5 cm³/mol.